The number of aromatic nitrogens is 3. The van der Waals surface area contributed by atoms with Crippen LogP contribution in [0.25, 0.3) is 22.0 Å². The van der Waals surface area contributed by atoms with Gasteiger partial charge in [-0.2, -0.15) is 4.98 Å². The third kappa shape index (κ3) is 3.77. The summed E-state index contributed by atoms with van der Waals surface area (Å²) < 4.78 is 6.36. The average Bonchev–Trinajstić information content (AvgIpc) is 2.95. The van der Waals surface area contributed by atoms with E-state index in [0.717, 1.165) is 40.6 Å². The molecule has 6 nitrogen and oxygen atoms in total. The average molecular weight is 431 g/mol. The Morgan fingerprint density at radius 2 is 1.87 bits per heavy atom. The zero-order valence-corrected chi connectivity index (χ0v) is 17.9. The molecular formula is C24H22N4O2S. The van der Waals surface area contributed by atoms with Crippen molar-refractivity contribution in [3.63, 3.8) is 0 Å². The number of para-hydroxylation sites is 1. The van der Waals surface area contributed by atoms with Crippen LogP contribution in [0.1, 0.15) is 31.6 Å². The van der Waals surface area contributed by atoms with E-state index in [4.69, 9.17) is 4.74 Å². The first-order valence-electron chi connectivity index (χ1n) is 10.4. The lowest BCUT2D eigenvalue weighted by Crippen LogP contribution is -2.17. The number of unbranched alkanes of at least 4 members (excludes halogenated alkanes) is 1. The minimum atomic E-state index is -0.640. The fourth-order valence-electron chi connectivity index (χ4n) is 3.71. The molecule has 0 spiro atoms. The lowest BCUT2D eigenvalue weighted by atomic mass is 10.0. The summed E-state index contributed by atoms with van der Waals surface area (Å²) in [6.45, 7) is 2.16. The SMILES string of the molecule is CCCCSc1nnc2c(n1)O[C@@H](c1c(O)ccc3ccccc13)Nc1ccccc1-2. The van der Waals surface area contributed by atoms with Crippen molar-refractivity contribution in [1.82, 2.24) is 15.2 Å². The van der Waals surface area contributed by atoms with Gasteiger partial charge in [0, 0.05) is 17.0 Å². The van der Waals surface area contributed by atoms with Crippen molar-refractivity contribution in [3.8, 4) is 22.9 Å². The van der Waals surface area contributed by atoms with Crippen molar-refractivity contribution in [3.05, 3.63) is 66.2 Å². The van der Waals surface area contributed by atoms with Crippen LogP contribution in [0, 0.1) is 0 Å². The van der Waals surface area contributed by atoms with Gasteiger partial charge in [-0.05, 0) is 29.3 Å². The van der Waals surface area contributed by atoms with Crippen LogP contribution in [-0.2, 0) is 0 Å². The summed E-state index contributed by atoms with van der Waals surface area (Å²) in [5.74, 6) is 1.50. The number of nitrogens with one attached hydrogen (secondary N) is 1. The highest BCUT2D eigenvalue weighted by Crippen LogP contribution is 2.42. The van der Waals surface area contributed by atoms with E-state index in [1.165, 1.54) is 0 Å². The first-order valence-corrected chi connectivity index (χ1v) is 11.3. The summed E-state index contributed by atoms with van der Waals surface area (Å²) in [7, 11) is 0. The maximum Gasteiger partial charge on any atom is 0.247 e. The van der Waals surface area contributed by atoms with Gasteiger partial charge in [-0.1, -0.05) is 73.6 Å². The van der Waals surface area contributed by atoms with Gasteiger partial charge in [0.2, 0.25) is 17.3 Å². The monoisotopic (exact) mass is 430 g/mol. The van der Waals surface area contributed by atoms with Crippen LogP contribution < -0.4 is 10.1 Å². The summed E-state index contributed by atoms with van der Waals surface area (Å²) in [6.07, 6.45) is 1.56. The van der Waals surface area contributed by atoms with Crippen LogP contribution in [0.4, 0.5) is 5.69 Å². The predicted octanol–water partition coefficient (Wildman–Crippen LogP) is 5.79. The van der Waals surface area contributed by atoms with Gasteiger partial charge in [-0.25, -0.2) is 0 Å². The van der Waals surface area contributed by atoms with Crippen LogP contribution in [-0.4, -0.2) is 26.0 Å². The summed E-state index contributed by atoms with van der Waals surface area (Å²) in [4.78, 5) is 4.67. The standard InChI is InChI=1S/C24H22N4O2S/c1-2-3-14-31-24-26-23-21(27-28-24)17-10-6-7-11-18(17)25-22(30-23)20-16-9-5-4-8-15(16)12-13-19(20)29/h4-13,22,25,29H,2-3,14H2,1H3/t22-/m0/s1. The zero-order chi connectivity index (χ0) is 21.2. The molecule has 156 valence electrons. The van der Waals surface area contributed by atoms with E-state index in [1.54, 1.807) is 17.8 Å². The normalized spacial score (nSPS) is 14.8. The van der Waals surface area contributed by atoms with Gasteiger partial charge in [-0.15, -0.1) is 10.2 Å². The molecule has 1 aliphatic rings. The minimum absolute atomic E-state index is 0.164. The molecule has 0 unspecified atom stereocenters. The molecule has 3 aromatic carbocycles. The van der Waals surface area contributed by atoms with Crippen LogP contribution in [0.2, 0.25) is 0 Å². The van der Waals surface area contributed by atoms with E-state index in [9.17, 15) is 5.11 Å². The highest BCUT2D eigenvalue weighted by Gasteiger charge is 2.28. The van der Waals surface area contributed by atoms with Crippen LogP contribution in [0.15, 0.2) is 65.8 Å². The van der Waals surface area contributed by atoms with E-state index in [0.29, 0.717) is 22.3 Å². The first kappa shape index (κ1) is 19.6. The second-order valence-corrected chi connectivity index (χ2v) is 8.42. The number of benzene rings is 3. The minimum Gasteiger partial charge on any atom is -0.507 e. The molecule has 0 bridgehead atoms. The van der Waals surface area contributed by atoms with Gasteiger partial charge >= 0.3 is 0 Å². The van der Waals surface area contributed by atoms with E-state index < -0.39 is 6.23 Å². The Kier molecular flexibility index (Phi) is 5.34. The highest BCUT2D eigenvalue weighted by molar-refractivity contribution is 7.99. The molecule has 0 radical (unpaired) electrons. The Balaban J connectivity index is 1.63. The second-order valence-electron chi connectivity index (χ2n) is 7.36. The molecule has 31 heavy (non-hydrogen) atoms. The highest BCUT2D eigenvalue weighted by atomic mass is 32.2. The van der Waals surface area contributed by atoms with Crippen LogP contribution >= 0.6 is 11.8 Å². The van der Waals surface area contributed by atoms with Crippen molar-refractivity contribution >= 4 is 28.2 Å². The lowest BCUT2D eigenvalue weighted by molar-refractivity contribution is 0.222. The van der Waals surface area contributed by atoms with Gasteiger partial charge in [0.1, 0.15) is 5.75 Å². The molecule has 2 heterocycles. The number of fused-ring (bicyclic) bond motifs is 4. The molecule has 0 fully saturated rings. The largest absolute Gasteiger partial charge is 0.507 e. The molecule has 1 atom stereocenters. The van der Waals surface area contributed by atoms with E-state index in [-0.39, 0.29) is 5.75 Å². The van der Waals surface area contributed by atoms with Crippen molar-refractivity contribution in [1.29, 1.82) is 0 Å². The smallest absolute Gasteiger partial charge is 0.247 e. The number of anilines is 1. The third-order valence-corrected chi connectivity index (χ3v) is 6.20. The fraction of sp³-hybridized carbons (Fsp3) is 0.208. The molecule has 1 aromatic heterocycles. The lowest BCUT2D eigenvalue weighted by Gasteiger charge is -2.22. The molecule has 0 aliphatic carbocycles. The van der Waals surface area contributed by atoms with Gasteiger partial charge < -0.3 is 15.2 Å². The number of phenolic OH excluding ortho intramolecular Hbond substituents is 1. The van der Waals surface area contributed by atoms with Crippen molar-refractivity contribution < 1.29 is 9.84 Å². The fourth-order valence-corrected chi connectivity index (χ4v) is 4.57. The Bertz CT molecular complexity index is 1250. The Morgan fingerprint density at radius 3 is 2.77 bits per heavy atom. The number of hydrogen-bond acceptors (Lipinski definition) is 7. The summed E-state index contributed by atoms with van der Waals surface area (Å²) in [5, 5.41) is 25.5. The number of thioether (sulfide) groups is 1. The number of nitrogens with zero attached hydrogens (tertiary/aromatic N) is 3. The topological polar surface area (TPSA) is 80.2 Å². The van der Waals surface area contributed by atoms with Gasteiger partial charge in [0.25, 0.3) is 0 Å². The van der Waals surface area contributed by atoms with E-state index in [2.05, 4.69) is 27.4 Å². The molecule has 0 saturated heterocycles. The third-order valence-electron chi connectivity index (χ3n) is 5.27. The Morgan fingerprint density at radius 1 is 1.03 bits per heavy atom. The summed E-state index contributed by atoms with van der Waals surface area (Å²) in [5.41, 5.74) is 2.97. The van der Waals surface area contributed by atoms with Gasteiger partial charge in [0.05, 0.1) is 5.56 Å². The number of phenols is 1. The number of ether oxygens (including phenoxy) is 1. The van der Waals surface area contributed by atoms with Crippen LogP contribution in [0.3, 0.4) is 0 Å². The quantitative estimate of drug-likeness (QED) is 0.306. The summed E-state index contributed by atoms with van der Waals surface area (Å²) >= 11 is 1.57. The molecule has 4 aromatic rings. The van der Waals surface area contributed by atoms with E-state index in [1.807, 2.05) is 54.6 Å². The molecular weight excluding hydrogens is 408 g/mol. The number of rotatable bonds is 5. The number of hydrogen-bond donors (Lipinski definition) is 2. The Hall–Kier alpha value is -3.32. The van der Waals surface area contributed by atoms with Crippen molar-refractivity contribution in [2.75, 3.05) is 11.1 Å². The molecule has 2 N–H and O–H groups in total. The van der Waals surface area contributed by atoms with E-state index >= 15 is 0 Å². The maximum absolute atomic E-state index is 10.8. The second kappa shape index (κ2) is 8.43. The summed E-state index contributed by atoms with van der Waals surface area (Å²) in [6, 6.07) is 19.4. The molecule has 0 amide bonds. The van der Waals surface area contributed by atoms with Crippen LogP contribution in [0.5, 0.6) is 11.6 Å². The zero-order valence-electron chi connectivity index (χ0n) is 17.1. The predicted molar refractivity (Wildman–Crippen MR) is 123 cm³/mol. The maximum atomic E-state index is 10.8. The first-order chi connectivity index (χ1) is 15.2. The molecule has 1 aliphatic heterocycles. The molecule has 7 heteroatoms. The van der Waals surface area contributed by atoms with Crippen molar-refractivity contribution in [2.45, 2.75) is 31.1 Å². The Labute approximate surface area is 184 Å². The number of aromatic hydroxyl groups is 1. The van der Waals surface area contributed by atoms with Gasteiger partial charge in [-0.3, -0.25) is 0 Å². The molecule has 5 rings (SSSR count). The molecule has 0 saturated carbocycles. The van der Waals surface area contributed by atoms with Crippen molar-refractivity contribution in [2.24, 2.45) is 0 Å². The van der Waals surface area contributed by atoms with Gasteiger partial charge in [0.15, 0.2) is 5.69 Å².